The van der Waals surface area contributed by atoms with Crippen LogP contribution in [-0.2, 0) is 12.0 Å². The van der Waals surface area contributed by atoms with E-state index in [0.717, 1.165) is 18.1 Å². The van der Waals surface area contributed by atoms with Gasteiger partial charge in [0.15, 0.2) is 5.82 Å². The number of rotatable bonds is 2. The van der Waals surface area contributed by atoms with Crippen LogP contribution in [-0.4, -0.2) is 21.6 Å². The van der Waals surface area contributed by atoms with Gasteiger partial charge in [-0.25, -0.2) is 0 Å². The van der Waals surface area contributed by atoms with Gasteiger partial charge in [-0.2, -0.15) is 16.7 Å². The topological polar surface area (TPSA) is 64.9 Å². The lowest BCUT2D eigenvalue weighted by Crippen LogP contribution is -2.21. The fraction of sp³-hybridized carbons (Fsp3) is 0.750. The van der Waals surface area contributed by atoms with Gasteiger partial charge in [0.1, 0.15) is 0 Å². The van der Waals surface area contributed by atoms with Crippen LogP contribution < -0.4 is 5.73 Å². The number of nitrogens with two attached hydrogens (primary N) is 1. The van der Waals surface area contributed by atoms with E-state index in [1.807, 2.05) is 11.8 Å². The Labute approximate surface area is 81.3 Å². The molecule has 0 bridgehead atoms. The van der Waals surface area contributed by atoms with E-state index in [1.165, 1.54) is 5.75 Å². The Morgan fingerprint density at radius 1 is 1.69 bits per heavy atom. The highest BCUT2D eigenvalue weighted by atomic mass is 32.2. The summed E-state index contributed by atoms with van der Waals surface area (Å²) in [4.78, 5) is 4.27. The molecule has 2 heterocycles. The van der Waals surface area contributed by atoms with E-state index in [4.69, 9.17) is 10.3 Å². The molecule has 0 aliphatic carbocycles. The van der Waals surface area contributed by atoms with E-state index in [9.17, 15) is 0 Å². The minimum atomic E-state index is 0.0745. The number of hydrogen-bond donors (Lipinski definition) is 1. The molecule has 1 aromatic rings. The molecular weight excluding hydrogens is 186 g/mol. The summed E-state index contributed by atoms with van der Waals surface area (Å²) in [5.41, 5.74) is 5.49. The zero-order chi connectivity index (χ0) is 9.31. The van der Waals surface area contributed by atoms with Crippen molar-refractivity contribution in [1.82, 2.24) is 10.1 Å². The maximum Gasteiger partial charge on any atom is 0.233 e. The monoisotopic (exact) mass is 199 g/mol. The van der Waals surface area contributed by atoms with E-state index >= 15 is 0 Å². The van der Waals surface area contributed by atoms with Gasteiger partial charge in [0.25, 0.3) is 0 Å². The van der Waals surface area contributed by atoms with Crippen molar-refractivity contribution in [2.45, 2.75) is 25.3 Å². The van der Waals surface area contributed by atoms with E-state index in [1.54, 1.807) is 0 Å². The smallest absolute Gasteiger partial charge is 0.233 e. The lowest BCUT2D eigenvalue weighted by Gasteiger charge is -2.15. The molecule has 2 N–H and O–H groups in total. The van der Waals surface area contributed by atoms with Gasteiger partial charge in [-0.1, -0.05) is 5.16 Å². The van der Waals surface area contributed by atoms with E-state index < -0.39 is 0 Å². The first kappa shape index (κ1) is 9.02. The second kappa shape index (κ2) is 3.31. The van der Waals surface area contributed by atoms with Crippen LogP contribution in [0.25, 0.3) is 0 Å². The quantitative estimate of drug-likeness (QED) is 0.767. The summed E-state index contributed by atoms with van der Waals surface area (Å²) >= 11 is 1.93. The number of thioether (sulfide) groups is 1. The summed E-state index contributed by atoms with van der Waals surface area (Å²) in [6, 6.07) is 0. The van der Waals surface area contributed by atoms with Gasteiger partial charge in [-0.15, -0.1) is 0 Å². The average Bonchev–Trinajstić information content (AvgIpc) is 2.72. The van der Waals surface area contributed by atoms with Gasteiger partial charge in [-0.05, 0) is 19.1 Å². The molecule has 0 saturated carbocycles. The highest BCUT2D eigenvalue weighted by Gasteiger charge is 2.36. The molecule has 1 aliphatic rings. The van der Waals surface area contributed by atoms with E-state index in [-0.39, 0.29) is 5.41 Å². The average molecular weight is 199 g/mol. The summed E-state index contributed by atoms with van der Waals surface area (Å²) in [5.74, 6) is 3.60. The molecule has 13 heavy (non-hydrogen) atoms. The number of aromatic nitrogens is 2. The zero-order valence-corrected chi connectivity index (χ0v) is 8.43. The third-order valence-corrected chi connectivity index (χ3v) is 3.72. The lowest BCUT2D eigenvalue weighted by atomic mass is 9.90. The molecule has 0 amide bonds. The van der Waals surface area contributed by atoms with Gasteiger partial charge in [0.05, 0.1) is 12.0 Å². The summed E-state index contributed by atoms with van der Waals surface area (Å²) in [5, 5.41) is 3.80. The highest BCUT2D eigenvalue weighted by molar-refractivity contribution is 7.99. The van der Waals surface area contributed by atoms with Crippen molar-refractivity contribution in [1.29, 1.82) is 0 Å². The van der Waals surface area contributed by atoms with Crippen molar-refractivity contribution in [3.05, 3.63) is 11.7 Å². The summed E-state index contributed by atoms with van der Waals surface area (Å²) in [6.45, 7) is 2.52. The van der Waals surface area contributed by atoms with Gasteiger partial charge >= 0.3 is 0 Å². The Hall–Kier alpha value is -0.550. The molecule has 1 saturated heterocycles. The molecule has 5 heteroatoms. The van der Waals surface area contributed by atoms with Crippen LogP contribution in [0.3, 0.4) is 0 Å². The van der Waals surface area contributed by atoms with Crippen LogP contribution in [0.2, 0.25) is 0 Å². The molecule has 1 unspecified atom stereocenters. The van der Waals surface area contributed by atoms with Crippen LogP contribution in [0.1, 0.15) is 25.1 Å². The third-order valence-electron chi connectivity index (χ3n) is 2.39. The van der Waals surface area contributed by atoms with Crippen molar-refractivity contribution in [2.24, 2.45) is 5.73 Å². The highest BCUT2D eigenvalue weighted by Crippen LogP contribution is 2.37. The Bertz CT molecular complexity index is 293. The van der Waals surface area contributed by atoms with Crippen LogP contribution in [0.15, 0.2) is 4.52 Å². The molecule has 1 aromatic heterocycles. The number of nitrogens with zero attached hydrogens (tertiary/aromatic N) is 2. The van der Waals surface area contributed by atoms with Gasteiger partial charge in [0, 0.05) is 5.75 Å². The minimum absolute atomic E-state index is 0.0745. The SMILES string of the molecule is CC1(c2nc(CN)no2)CCSC1. The van der Waals surface area contributed by atoms with Crippen molar-refractivity contribution < 1.29 is 4.52 Å². The molecule has 1 aliphatic heterocycles. The predicted molar refractivity (Wildman–Crippen MR) is 51.5 cm³/mol. The minimum Gasteiger partial charge on any atom is -0.339 e. The van der Waals surface area contributed by atoms with Crippen molar-refractivity contribution in [3.8, 4) is 0 Å². The molecule has 1 atom stereocenters. The normalized spacial score (nSPS) is 28.2. The Kier molecular flexibility index (Phi) is 2.29. The van der Waals surface area contributed by atoms with Gasteiger partial charge < -0.3 is 10.3 Å². The fourth-order valence-corrected chi connectivity index (χ4v) is 2.88. The van der Waals surface area contributed by atoms with Crippen molar-refractivity contribution in [3.63, 3.8) is 0 Å². The predicted octanol–water partition coefficient (Wildman–Crippen LogP) is 0.923. The second-order valence-electron chi connectivity index (χ2n) is 3.58. The van der Waals surface area contributed by atoms with Gasteiger partial charge in [-0.3, -0.25) is 0 Å². The first-order valence-electron chi connectivity index (χ1n) is 4.35. The first-order valence-corrected chi connectivity index (χ1v) is 5.51. The van der Waals surface area contributed by atoms with E-state index in [0.29, 0.717) is 12.4 Å². The summed E-state index contributed by atoms with van der Waals surface area (Å²) in [6.07, 6.45) is 1.11. The largest absolute Gasteiger partial charge is 0.339 e. The Balaban J connectivity index is 2.23. The summed E-state index contributed by atoms with van der Waals surface area (Å²) < 4.78 is 5.19. The maximum atomic E-state index is 5.41. The number of hydrogen-bond acceptors (Lipinski definition) is 5. The maximum absolute atomic E-state index is 5.41. The van der Waals surface area contributed by atoms with Crippen LogP contribution in [0.5, 0.6) is 0 Å². The van der Waals surface area contributed by atoms with Crippen LogP contribution >= 0.6 is 11.8 Å². The van der Waals surface area contributed by atoms with Crippen LogP contribution in [0, 0.1) is 0 Å². The molecule has 2 rings (SSSR count). The Morgan fingerprint density at radius 3 is 3.08 bits per heavy atom. The molecule has 0 radical (unpaired) electrons. The fourth-order valence-electron chi connectivity index (χ4n) is 1.42. The molecular formula is C8H13N3OS. The molecule has 4 nitrogen and oxygen atoms in total. The first-order chi connectivity index (χ1) is 6.24. The molecule has 1 fully saturated rings. The third kappa shape index (κ3) is 1.58. The lowest BCUT2D eigenvalue weighted by molar-refractivity contribution is 0.309. The second-order valence-corrected chi connectivity index (χ2v) is 4.69. The molecule has 0 spiro atoms. The zero-order valence-electron chi connectivity index (χ0n) is 7.62. The standard InChI is InChI=1S/C8H13N3OS/c1-8(2-3-13-5-8)7-10-6(4-9)11-12-7/h2-5,9H2,1H3. The summed E-state index contributed by atoms with van der Waals surface area (Å²) in [7, 11) is 0. The van der Waals surface area contributed by atoms with Crippen molar-refractivity contribution in [2.75, 3.05) is 11.5 Å². The Morgan fingerprint density at radius 2 is 2.54 bits per heavy atom. The van der Waals surface area contributed by atoms with E-state index in [2.05, 4.69) is 17.1 Å². The van der Waals surface area contributed by atoms with Crippen LogP contribution in [0.4, 0.5) is 0 Å². The molecule has 72 valence electrons. The van der Waals surface area contributed by atoms with Gasteiger partial charge in [0.2, 0.25) is 5.89 Å². The molecule has 0 aromatic carbocycles. The van der Waals surface area contributed by atoms with Crippen molar-refractivity contribution >= 4 is 11.8 Å².